The summed E-state index contributed by atoms with van der Waals surface area (Å²) in [6.07, 6.45) is 9.54. The monoisotopic (exact) mass is 516 g/mol. The number of thioether (sulfide) groups is 1. The number of benzene rings is 1. The molecule has 0 amide bonds. The number of hydrogen-bond donors (Lipinski definition) is 2. The number of aromatic nitrogens is 4. The van der Waals surface area contributed by atoms with E-state index in [9.17, 15) is 4.79 Å². The van der Waals surface area contributed by atoms with Gasteiger partial charge in [-0.25, -0.2) is 15.0 Å². The van der Waals surface area contributed by atoms with E-state index in [-0.39, 0.29) is 5.56 Å². The number of rotatable bonds is 8. The summed E-state index contributed by atoms with van der Waals surface area (Å²) >= 11 is 1.91. The largest absolute Gasteiger partial charge is 0.467 e. The number of ether oxygens (including phenoxy) is 1. The van der Waals surface area contributed by atoms with Crippen molar-refractivity contribution in [1.82, 2.24) is 24.8 Å². The van der Waals surface area contributed by atoms with Gasteiger partial charge in [-0.1, -0.05) is 6.07 Å². The molecule has 0 atom stereocenters. The molecule has 0 spiro atoms. The minimum atomic E-state index is -0.188. The van der Waals surface area contributed by atoms with Gasteiger partial charge >= 0.3 is 6.01 Å². The van der Waals surface area contributed by atoms with Crippen LogP contribution in [0.15, 0.2) is 53.7 Å². The van der Waals surface area contributed by atoms with Crippen molar-refractivity contribution in [2.75, 3.05) is 44.1 Å². The average molecular weight is 517 g/mol. The number of piperidine rings is 1. The van der Waals surface area contributed by atoms with E-state index < -0.39 is 0 Å². The van der Waals surface area contributed by atoms with Gasteiger partial charge in [-0.3, -0.25) is 4.79 Å². The van der Waals surface area contributed by atoms with Crippen LogP contribution in [0.3, 0.4) is 0 Å². The number of likely N-dealkylation sites (tertiary alicyclic amines) is 1. The van der Waals surface area contributed by atoms with Gasteiger partial charge in [0.1, 0.15) is 5.82 Å². The molecule has 0 unspecified atom stereocenters. The molecule has 5 rings (SSSR count). The third-order valence-corrected chi connectivity index (χ3v) is 7.62. The smallest absolute Gasteiger partial charge is 0.316 e. The number of hydrogen-bond acceptors (Lipinski definition) is 8. The number of aromatic amines is 1. The maximum Gasteiger partial charge on any atom is 0.316 e. The third-order valence-electron chi connectivity index (χ3n) is 7.03. The minimum absolute atomic E-state index is 0.188. The summed E-state index contributed by atoms with van der Waals surface area (Å²) in [6.45, 7) is 5.66. The maximum atomic E-state index is 12.8. The molecule has 0 aliphatic carbocycles. The normalized spacial score (nSPS) is 14.7. The van der Waals surface area contributed by atoms with Crippen LogP contribution in [0, 0.1) is 6.92 Å². The van der Waals surface area contributed by atoms with Gasteiger partial charge in [0.05, 0.1) is 18.2 Å². The number of nitrogens with one attached hydrogen (secondary N) is 2. The molecule has 0 bridgehead atoms. The van der Waals surface area contributed by atoms with Gasteiger partial charge in [0, 0.05) is 42.1 Å². The first-order valence-electron chi connectivity index (χ1n) is 12.5. The van der Waals surface area contributed by atoms with E-state index in [2.05, 4.69) is 56.5 Å². The van der Waals surface area contributed by atoms with Crippen molar-refractivity contribution in [2.24, 2.45) is 0 Å². The van der Waals surface area contributed by atoms with Gasteiger partial charge in [-0.05, 0) is 85.8 Å². The number of anilines is 2. The second-order valence-electron chi connectivity index (χ2n) is 9.39. The predicted molar refractivity (Wildman–Crippen MR) is 151 cm³/mol. The minimum Gasteiger partial charge on any atom is -0.467 e. The molecular formula is C28H32N6O2S. The van der Waals surface area contributed by atoms with Crippen LogP contribution in [-0.2, 0) is 0 Å². The molecule has 192 valence electrons. The van der Waals surface area contributed by atoms with Gasteiger partial charge in [0.25, 0.3) is 5.56 Å². The molecule has 0 saturated carbocycles. The van der Waals surface area contributed by atoms with E-state index in [1.54, 1.807) is 18.6 Å². The number of H-pyrrole nitrogens is 1. The Morgan fingerprint density at radius 1 is 1.16 bits per heavy atom. The fraction of sp³-hybridized carbons (Fsp3) is 0.357. The lowest BCUT2D eigenvalue weighted by atomic mass is 9.86. The molecule has 9 heteroatoms. The van der Waals surface area contributed by atoms with Crippen molar-refractivity contribution < 1.29 is 4.74 Å². The molecule has 4 heterocycles. The Balaban J connectivity index is 1.42. The van der Waals surface area contributed by atoms with E-state index in [0.29, 0.717) is 28.8 Å². The van der Waals surface area contributed by atoms with Crippen molar-refractivity contribution in [3.8, 4) is 17.3 Å². The van der Waals surface area contributed by atoms with Crippen molar-refractivity contribution in [1.29, 1.82) is 0 Å². The van der Waals surface area contributed by atoms with Crippen LogP contribution in [0.5, 0.6) is 6.01 Å². The van der Waals surface area contributed by atoms with Gasteiger partial charge in [-0.2, -0.15) is 11.8 Å². The van der Waals surface area contributed by atoms with Gasteiger partial charge in [0.2, 0.25) is 0 Å². The Bertz CT molecular complexity index is 1430. The van der Waals surface area contributed by atoms with Crippen LogP contribution in [0.2, 0.25) is 0 Å². The van der Waals surface area contributed by atoms with Crippen molar-refractivity contribution in [2.45, 2.75) is 25.7 Å². The lowest BCUT2D eigenvalue weighted by Crippen LogP contribution is -2.34. The zero-order valence-electron chi connectivity index (χ0n) is 21.5. The standard InChI is InChI=1S/C28H32N6O2S/c1-18-14-22(4-5-23(18)19-7-10-34(11-8-19)12-13-37-3)32-26-25-20(6-9-29-27(25)35)15-24(33-26)21-16-30-28(36-2)31-17-21/h4-6,9,14-17,19H,7-8,10-13H2,1-3H3,(H,29,35)(H,32,33). The van der Waals surface area contributed by atoms with Gasteiger partial charge in [-0.15, -0.1) is 0 Å². The number of methoxy groups -OCH3 is 1. The molecule has 1 fully saturated rings. The lowest BCUT2D eigenvalue weighted by Gasteiger charge is -2.32. The number of pyridine rings is 2. The Morgan fingerprint density at radius 3 is 2.65 bits per heavy atom. The highest BCUT2D eigenvalue weighted by Gasteiger charge is 2.22. The van der Waals surface area contributed by atoms with E-state index in [1.165, 1.54) is 43.4 Å². The Labute approximate surface area is 220 Å². The van der Waals surface area contributed by atoms with Crippen molar-refractivity contribution in [3.63, 3.8) is 0 Å². The topological polar surface area (TPSA) is 96.0 Å². The summed E-state index contributed by atoms with van der Waals surface area (Å²) in [4.78, 5) is 31.3. The molecule has 3 aromatic heterocycles. The first-order chi connectivity index (χ1) is 18.1. The van der Waals surface area contributed by atoms with Crippen molar-refractivity contribution in [3.05, 3.63) is 70.4 Å². The number of aryl methyl sites for hydroxylation is 1. The van der Waals surface area contributed by atoms with Gasteiger partial charge < -0.3 is 19.9 Å². The zero-order valence-corrected chi connectivity index (χ0v) is 22.3. The Kier molecular flexibility index (Phi) is 7.71. The first kappa shape index (κ1) is 25.2. The van der Waals surface area contributed by atoms with Gasteiger partial charge in [0.15, 0.2) is 0 Å². The highest BCUT2D eigenvalue weighted by atomic mass is 32.2. The fourth-order valence-corrected chi connectivity index (χ4v) is 5.48. The number of nitrogens with zero attached hydrogens (tertiary/aromatic N) is 4. The summed E-state index contributed by atoms with van der Waals surface area (Å²) in [7, 11) is 1.53. The SMILES string of the molecule is COc1ncc(-c2cc3cc[nH]c(=O)c3c(Nc3ccc(C4CCN(CCSC)CC4)c(C)c3)n2)cn1. The second kappa shape index (κ2) is 11.3. The second-order valence-corrected chi connectivity index (χ2v) is 10.4. The molecule has 1 aromatic carbocycles. The molecule has 1 aliphatic heterocycles. The predicted octanol–water partition coefficient (Wildman–Crippen LogP) is 4.98. The Morgan fingerprint density at radius 2 is 1.95 bits per heavy atom. The van der Waals surface area contributed by atoms with E-state index in [0.717, 1.165) is 29.7 Å². The molecule has 1 aliphatic rings. The van der Waals surface area contributed by atoms with E-state index in [1.807, 2.05) is 23.9 Å². The summed E-state index contributed by atoms with van der Waals surface area (Å²) < 4.78 is 5.08. The first-order valence-corrected chi connectivity index (χ1v) is 13.9. The molecule has 4 aromatic rings. The van der Waals surface area contributed by atoms with Crippen molar-refractivity contribution >= 4 is 34.0 Å². The summed E-state index contributed by atoms with van der Waals surface area (Å²) in [5.41, 5.74) is 4.79. The molecule has 2 N–H and O–H groups in total. The Hall–Kier alpha value is -3.43. The highest BCUT2D eigenvalue weighted by molar-refractivity contribution is 7.98. The third kappa shape index (κ3) is 5.62. The quantitative estimate of drug-likeness (QED) is 0.338. The zero-order chi connectivity index (χ0) is 25.8. The van der Waals surface area contributed by atoms with Crippen LogP contribution in [-0.4, -0.2) is 63.6 Å². The molecule has 37 heavy (non-hydrogen) atoms. The van der Waals surface area contributed by atoms with Crippen LogP contribution in [0.25, 0.3) is 22.0 Å². The van der Waals surface area contributed by atoms with E-state index >= 15 is 0 Å². The van der Waals surface area contributed by atoms with Crippen LogP contribution < -0.4 is 15.6 Å². The molecule has 0 radical (unpaired) electrons. The summed E-state index contributed by atoms with van der Waals surface area (Å²) in [5, 5.41) is 4.71. The van der Waals surface area contributed by atoms with Crippen LogP contribution >= 0.6 is 11.8 Å². The summed E-state index contributed by atoms with van der Waals surface area (Å²) in [5.74, 6) is 2.28. The van der Waals surface area contributed by atoms with E-state index in [4.69, 9.17) is 9.72 Å². The van der Waals surface area contributed by atoms with Crippen LogP contribution in [0.1, 0.15) is 29.9 Å². The number of fused-ring (bicyclic) bond motifs is 1. The summed E-state index contributed by atoms with van der Waals surface area (Å²) in [6, 6.07) is 10.5. The fourth-order valence-electron chi connectivity index (χ4n) is 5.04. The van der Waals surface area contributed by atoms with Crippen LogP contribution in [0.4, 0.5) is 11.5 Å². The molecule has 8 nitrogen and oxygen atoms in total. The molecular weight excluding hydrogens is 484 g/mol. The average Bonchev–Trinajstić information content (AvgIpc) is 2.92. The lowest BCUT2D eigenvalue weighted by molar-refractivity contribution is 0.224. The maximum absolute atomic E-state index is 12.8. The highest BCUT2D eigenvalue weighted by Crippen LogP contribution is 2.33. The molecule has 1 saturated heterocycles.